The maximum absolute atomic E-state index is 13.7. The second kappa shape index (κ2) is 10.5. The summed E-state index contributed by atoms with van der Waals surface area (Å²) < 4.78 is 25.3. The van der Waals surface area contributed by atoms with E-state index in [1.165, 1.54) is 24.4 Å². The number of carbonyl (C=O) groups excluding carboxylic acids is 2. The monoisotopic (exact) mass is 484 g/mol. The summed E-state index contributed by atoms with van der Waals surface area (Å²) >= 11 is 3.34. The molecule has 0 aromatic heterocycles. The van der Waals surface area contributed by atoms with Crippen LogP contribution in [0.2, 0.25) is 0 Å². The molecule has 0 atom stereocenters. The number of amides is 1. The lowest BCUT2D eigenvalue weighted by molar-refractivity contribution is 0.0734. The van der Waals surface area contributed by atoms with Crippen LogP contribution in [0, 0.1) is 5.82 Å². The highest BCUT2D eigenvalue weighted by Crippen LogP contribution is 2.23. The van der Waals surface area contributed by atoms with Gasteiger partial charge < -0.3 is 9.47 Å². The molecule has 0 aliphatic carbocycles. The van der Waals surface area contributed by atoms with Gasteiger partial charge in [-0.15, -0.1) is 0 Å². The van der Waals surface area contributed by atoms with Crippen molar-refractivity contribution in [2.75, 3.05) is 6.61 Å². The van der Waals surface area contributed by atoms with Gasteiger partial charge in [0.15, 0.2) is 0 Å². The van der Waals surface area contributed by atoms with E-state index in [4.69, 9.17) is 9.47 Å². The van der Waals surface area contributed by atoms with Crippen LogP contribution >= 0.6 is 15.9 Å². The number of esters is 1. The first-order valence-electron chi connectivity index (χ1n) is 9.30. The molecule has 0 unspecified atom stereocenters. The zero-order valence-electron chi connectivity index (χ0n) is 16.5. The molecule has 0 spiro atoms. The molecule has 0 radical (unpaired) electrons. The smallest absolute Gasteiger partial charge is 0.343 e. The van der Waals surface area contributed by atoms with Crippen molar-refractivity contribution in [3.63, 3.8) is 0 Å². The standard InChI is InChI=1S/C23H18BrFN2O4/c1-2-30-18-10-7-15(8-11-18)23(29)31-21-12-9-17(24)13-16(21)14-26-27-22(28)19-5-3-4-6-20(19)25/h3-14H,2H2,1H3,(H,27,28). The van der Waals surface area contributed by atoms with Gasteiger partial charge in [-0.1, -0.05) is 28.1 Å². The molecule has 8 heteroatoms. The number of hydrazone groups is 1. The molecule has 31 heavy (non-hydrogen) atoms. The van der Waals surface area contributed by atoms with Gasteiger partial charge >= 0.3 is 5.97 Å². The van der Waals surface area contributed by atoms with E-state index in [1.807, 2.05) is 6.92 Å². The molecule has 3 aromatic carbocycles. The quantitative estimate of drug-likeness (QED) is 0.222. The molecule has 0 heterocycles. The molecule has 158 valence electrons. The summed E-state index contributed by atoms with van der Waals surface area (Å²) in [5, 5.41) is 3.85. The van der Waals surface area contributed by atoms with E-state index >= 15 is 0 Å². The van der Waals surface area contributed by atoms with Crippen molar-refractivity contribution < 1.29 is 23.5 Å². The molecule has 6 nitrogen and oxygen atoms in total. The first-order chi connectivity index (χ1) is 15.0. The Kier molecular flexibility index (Phi) is 7.50. The third-order valence-corrected chi connectivity index (χ3v) is 4.56. The number of hydrogen-bond acceptors (Lipinski definition) is 5. The highest BCUT2D eigenvalue weighted by Gasteiger charge is 2.13. The van der Waals surface area contributed by atoms with Gasteiger partial charge in [-0.3, -0.25) is 4.79 Å². The molecule has 1 N–H and O–H groups in total. The van der Waals surface area contributed by atoms with E-state index in [0.717, 1.165) is 4.47 Å². The van der Waals surface area contributed by atoms with Crippen molar-refractivity contribution >= 4 is 34.0 Å². The van der Waals surface area contributed by atoms with Crippen molar-refractivity contribution in [2.45, 2.75) is 6.92 Å². The van der Waals surface area contributed by atoms with Crippen LogP contribution < -0.4 is 14.9 Å². The Morgan fingerprint density at radius 2 is 1.84 bits per heavy atom. The van der Waals surface area contributed by atoms with Crippen molar-refractivity contribution in [1.29, 1.82) is 0 Å². The minimum Gasteiger partial charge on any atom is -0.494 e. The number of nitrogens with one attached hydrogen (secondary N) is 1. The fourth-order valence-electron chi connectivity index (χ4n) is 2.59. The summed E-state index contributed by atoms with van der Waals surface area (Å²) in [6, 6.07) is 17.1. The van der Waals surface area contributed by atoms with Gasteiger partial charge in [0.1, 0.15) is 17.3 Å². The van der Waals surface area contributed by atoms with E-state index in [9.17, 15) is 14.0 Å². The van der Waals surface area contributed by atoms with Gasteiger partial charge in [-0.25, -0.2) is 14.6 Å². The van der Waals surface area contributed by atoms with E-state index in [0.29, 0.717) is 23.5 Å². The van der Waals surface area contributed by atoms with Crippen molar-refractivity contribution in [3.8, 4) is 11.5 Å². The van der Waals surface area contributed by atoms with E-state index in [1.54, 1.807) is 48.5 Å². The lowest BCUT2D eigenvalue weighted by Gasteiger charge is -2.09. The third kappa shape index (κ3) is 5.99. The number of nitrogens with zero attached hydrogens (tertiary/aromatic N) is 1. The number of benzene rings is 3. The van der Waals surface area contributed by atoms with Gasteiger partial charge in [-0.05, 0) is 61.5 Å². The number of hydrogen-bond donors (Lipinski definition) is 1. The number of carbonyl (C=O) groups is 2. The normalized spacial score (nSPS) is 10.7. The molecule has 0 saturated carbocycles. The van der Waals surface area contributed by atoms with Crippen LogP contribution in [0.4, 0.5) is 4.39 Å². The Morgan fingerprint density at radius 1 is 1.10 bits per heavy atom. The fourth-order valence-corrected chi connectivity index (χ4v) is 2.97. The summed E-state index contributed by atoms with van der Waals surface area (Å²) in [5.74, 6) is -1.01. The Balaban J connectivity index is 1.72. The van der Waals surface area contributed by atoms with Crippen molar-refractivity contribution in [3.05, 3.63) is 93.7 Å². The Morgan fingerprint density at radius 3 is 2.55 bits per heavy atom. The lowest BCUT2D eigenvalue weighted by atomic mass is 10.2. The van der Waals surface area contributed by atoms with Gasteiger partial charge in [0.2, 0.25) is 0 Å². The van der Waals surface area contributed by atoms with Crippen molar-refractivity contribution in [2.24, 2.45) is 5.10 Å². The average molecular weight is 485 g/mol. The zero-order valence-corrected chi connectivity index (χ0v) is 18.1. The average Bonchev–Trinajstić information content (AvgIpc) is 2.76. The fraction of sp³-hybridized carbons (Fsp3) is 0.0870. The van der Waals surface area contributed by atoms with Crippen LogP contribution in [0.1, 0.15) is 33.2 Å². The highest BCUT2D eigenvalue weighted by molar-refractivity contribution is 9.10. The van der Waals surface area contributed by atoms with E-state index in [-0.39, 0.29) is 11.3 Å². The van der Waals surface area contributed by atoms with Crippen LogP contribution in [0.15, 0.2) is 76.3 Å². The zero-order chi connectivity index (χ0) is 22.2. The van der Waals surface area contributed by atoms with Gasteiger partial charge in [0.25, 0.3) is 5.91 Å². The maximum atomic E-state index is 13.7. The van der Waals surface area contributed by atoms with E-state index < -0.39 is 17.7 Å². The van der Waals surface area contributed by atoms with Gasteiger partial charge in [-0.2, -0.15) is 5.10 Å². The summed E-state index contributed by atoms with van der Waals surface area (Å²) in [4.78, 5) is 24.6. The summed E-state index contributed by atoms with van der Waals surface area (Å²) in [6.45, 7) is 2.40. The van der Waals surface area contributed by atoms with Gasteiger partial charge in [0, 0.05) is 10.0 Å². The second-order valence-corrected chi connectivity index (χ2v) is 7.12. The van der Waals surface area contributed by atoms with E-state index in [2.05, 4.69) is 26.5 Å². The molecule has 0 saturated heterocycles. The van der Waals surface area contributed by atoms with Crippen LogP contribution in [-0.2, 0) is 0 Å². The van der Waals surface area contributed by atoms with Crippen LogP contribution in [-0.4, -0.2) is 24.7 Å². The highest BCUT2D eigenvalue weighted by atomic mass is 79.9. The summed E-state index contributed by atoms with van der Waals surface area (Å²) in [6.07, 6.45) is 1.31. The first kappa shape index (κ1) is 22.2. The van der Waals surface area contributed by atoms with Crippen LogP contribution in [0.25, 0.3) is 0 Å². The third-order valence-electron chi connectivity index (χ3n) is 4.06. The predicted molar refractivity (Wildman–Crippen MR) is 118 cm³/mol. The Labute approximate surface area is 186 Å². The molecule has 3 aromatic rings. The molecule has 3 rings (SSSR count). The second-order valence-electron chi connectivity index (χ2n) is 6.21. The minimum atomic E-state index is -0.697. The number of rotatable bonds is 7. The molecular formula is C23H18BrFN2O4. The number of halogens is 2. The molecule has 0 bridgehead atoms. The van der Waals surface area contributed by atoms with Gasteiger partial charge in [0.05, 0.1) is 23.9 Å². The molecule has 0 aliphatic heterocycles. The SMILES string of the molecule is CCOc1ccc(C(=O)Oc2ccc(Br)cc2C=NNC(=O)c2ccccc2F)cc1. The number of ether oxygens (including phenoxy) is 2. The maximum Gasteiger partial charge on any atom is 0.343 e. The minimum absolute atomic E-state index is 0.129. The Bertz CT molecular complexity index is 1120. The topological polar surface area (TPSA) is 77.0 Å². The lowest BCUT2D eigenvalue weighted by Crippen LogP contribution is -2.19. The summed E-state index contributed by atoms with van der Waals surface area (Å²) in [5.41, 5.74) is 2.91. The predicted octanol–water partition coefficient (Wildman–Crippen LogP) is 4.97. The van der Waals surface area contributed by atoms with Crippen LogP contribution in [0.3, 0.4) is 0 Å². The molecular weight excluding hydrogens is 467 g/mol. The first-order valence-corrected chi connectivity index (χ1v) is 10.1. The van der Waals surface area contributed by atoms with Crippen LogP contribution in [0.5, 0.6) is 11.5 Å². The van der Waals surface area contributed by atoms with Crippen molar-refractivity contribution in [1.82, 2.24) is 5.43 Å². The summed E-state index contributed by atoms with van der Waals surface area (Å²) in [7, 11) is 0. The molecule has 0 fully saturated rings. The molecule has 0 aliphatic rings. The molecule has 1 amide bonds. The Hall–Kier alpha value is -3.52. The largest absolute Gasteiger partial charge is 0.494 e.